The quantitative estimate of drug-likeness (QED) is 0.506. The lowest BCUT2D eigenvalue weighted by Crippen LogP contribution is -2.40. The summed E-state index contributed by atoms with van der Waals surface area (Å²) in [6.45, 7) is 0.902. The Morgan fingerprint density at radius 1 is 1.26 bits per heavy atom. The molecule has 1 aliphatic rings. The number of hydrogen-bond donors (Lipinski definition) is 2. The van der Waals surface area contributed by atoms with Gasteiger partial charge in [0.1, 0.15) is 5.82 Å². The largest absolute Gasteiger partial charge is 0.481 e. The van der Waals surface area contributed by atoms with Gasteiger partial charge in [0.2, 0.25) is 0 Å². The summed E-state index contributed by atoms with van der Waals surface area (Å²) < 4.78 is 52.8. The van der Waals surface area contributed by atoms with Crippen LogP contribution in [0.5, 0.6) is 0 Å². The number of carboxylic acid groups (broad SMARTS) is 1. The molecule has 2 rings (SSSR count). The topological polar surface area (TPSA) is 69.6 Å². The highest BCUT2D eigenvalue weighted by atomic mass is 19.2. The molecule has 1 heterocycles. The number of rotatable bonds is 3. The van der Waals surface area contributed by atoms with Crippen molar-refractivity contribution in [3.05, 3.63) is 34.9 Å². The zero-order chi connectivity index (χ0) is 17.4. The van der Waals surface area contributed by atoms with Crippen molar-refractivity contribution in [3.63, 3.8) is 0 Å². The number of likely N-dealkylation sites (tertiary alicyclic amines) is 1. The van der Waals surface area contributed by atoms with Crippen molar-refractivity contribution in [3.8, 4) is 0 Å². The minimum Gasteiger partial charge on any atom is -0.481 e. The molecule has 1 aliphatic heterocycles. The van der Waals surface area contributed by atoms with Gasteiger partial charge in [0.25, 0.3) is 0 Å². The molecule has 2 N–H and O–H groups in total. The molecule has 0 bridgehead atoms. The predicted octanol–water partition coefficient (Wildman–Crippen LogP) is 2.25. The third-order valence-corrected chi connectivity index (χ3v) is 3.90. The highest BCUT2D eigenvalue weighted by molar-refractivity contribution is 5.79. The molecule has 23 heavy (non-hydrogen) atoms. The summed E-state index contributed by atoms with van der Waals surface area (Å²) >= 11 is 0. The fourth-order valence-electron chi connectivity index (χ4n) is 2.35. The Morgan fingerprint density at radius 2 is 1.91 bits per heavy atom. The average molecular weight is 334 g/mol. The van der Waals surface area contributed by atoms with Gasteiger partial charge in [-0.2, -0.15) is 0 Å². The van der Waals surface area contributed by atoms with Gasteiger partial charge in [-0.15, -0.1) is 0 Å². The molecule has 9 heteroatoms. The molecule has 1 saturated heterocycles. The van der Waals surface area contributed by atoms with E-state index in [2.05, 4.69) is 5.32 Å². The van der Waals surface area contributed by atoms with Crippen LogP contribution in [0.1, 0.15) is 18.9 Å². The van der Waals surface area contributed by atoms with Crippen LogP contribution < -0.4 is 5.32 Å². The van der Waals surface area contributed by atoms with E-state index in [1.165, 1.54) is 11.8 Å². The van der Waals surface area contributed by atoms with E-state index < -0.39 is 52.8 Å². The van der Waals surface area contributed by atoms with Gasteiger partial charge in [-0.3, -0.25) is 4.79 Å². The fraction of sp³-hybridized carbons (Fsp3) is 0.429. The molecule has 2 amide bonds. The maximum Gasteiger partial charge on any atom is 0.317 e. The highest BCUT2D eigenvalue weighted by Crippen LogP contribution is 2.30. The summed E-state index contributed by atoms with van der Waals surface area (Å²) in [4.78, 5) is 24.2. The number of halogens is 4. The van der Waals surface area contributed by atoms with Gasteiger partial charge in [-0.25, -0.2) is 22.4 Å². The van der Waals surface area contributed by atoms with Crippen molar-refractivity contribution in [1.29, 1.82) is 0 Å². The zero-order valence-electron chi connectivity index (χ0n) is 12.1. The molecule has 1 unspecified atom stereocenters. The van der Waals surface area contributed by atoms with Gasteiger partial charge in [-0.05, 0) is 13.3 Å². The second kappa shape index (κ2) is 6.05. The lowest BCUT2D eigenvalue weighted by molar-refractivity contribution is -0.147. The predicted molar refractivity (Wildman–Crippen MR) is 70.4 cm³/mol. The number of urea groups is 1. The minimum absolute atomic E-state index is 0.0586. The first-order chi connectivity index (χ1) is 10.7. The van der Waals surface area contributed by atoms with Crippen molar-refractivity contribution in [2.45, 2.75) is 19.9 Å². The van der Waals surface area contributed by atoms with Crippen molar-refractivity contribution in [1.82, 2.24) is 10.2 Å². The number of hydrogen-bond acceptors (Lipinski definition) is 2. The Morgan fingerprint density at radius 3 is 2.48 bits per heavy atom. The first kappa shape index (κ1) is 17.0. The molecule has 0 radical (unpaired) electrons. The number of amides is 2. The van der Waals surface area contributed by atoms with Crippen molar-refractivity contribution in [2.75, 3.05) is 13.1 Å². The molecule has 5 nitrogen and oxygen atoms in total. The van der Waals surface area contributed by atoms with Crippen molar-refractivity contribution in [2.24, 2.45) is 5.41 Å². The van der Waals surface area contributed by atoms with E-state index in [4.69, 9.17) is 5.11 Å². The van der Waals surface area contributed by atoms with E-state index in [0.717, 1.165) is 0 Å². The Kier molecular flexibility index (Phi) is 4.49. The van der Waals surface area contributed by atoms with Crippen LogP contribution >= 0.6 is 0 Å². The molecule has 126 valence electrons. The number of aliphatic carboxylic acids is 1. The van der Waals surface area contributed by atoms with Crippen LogP contribution in [0.3, 0.4) is 0 Å². The van der Waals surface area contributed by atoms with Crippen molar-refractivity contribution < 1.29 is 32.3 Å². The van der Waals surface area contributed by atoms with E-state index in [9.17, 15) is 27.2 Å². The van der Waals surface area contributed by atoms with E-state index in [-0.39, 0.29) is 25.6 Å². The van der Waals surface area contributed by atoms with Crippen LogP contribution in [0.25, 0.3) is 0 Å². The Hall–Kier alpha value is -2.32. The SMILES string of the molecule is CC1(C(=O)O)CCN(C(=O)NCc2c(F)cc(F)c(F)c2F)C1. The van der Waals surface area contributed by atoms with Gasteiger partial charge in [0.15, 0.2) is 17.5 Å². The van der Waals surface area contributed by atoms with Crippen LogP contribution in [0.15, 0.2) is 6.07 Å². The molecule has 1 aromatic carbocycles. The molecule has 1 aromatic rings. The van der Waals surface area contributed by atoms with Gasteiger partial charge in [0.05, 0.1) is 12.0 Å². The average Bonchev–Trinajstić information content (AvgIpc) is 2.88. The van der Waals surface area contributed by atoms with Crippen LogP contribution in [-0.4, -0.2) is 35.1 Å². The van der Waals surface area contributed by atoms with Gasteiger partial charge in [-0.1, -0.05) is 0 Å². The van der Waals surface area contributed by atoms with Gasteiger partial charge in [0, 0.05) is 24.7 Å². The third-order valence-electron chi connectivity index (χ3n) is 3.90. The molecular weight excluding hydrogens is 320 g/mol. The Labute approximate surface area is 128 Å². The molecule has 0 spiro atoms. The second-order valence-electron chi connectivity index (χ2n) is 5.64. The van der Waals surface area contributed by atoms with E-state index in [1.54, 1.807) is 0 Å². The summed E-state index contributed by atoms with van der Waals surface area (Å²) in [6.07, 6.45) is 0.240. The standard InChI is InChI=1S/C14H14F4N2O3/c1-14(12(21)22)2-3-20(6-14)13(23)19-5-7-8(15)4-9(16)11(18)10(7)17/h4H,2-3,5-6H2,1H3,(H,19,23)(H,21,22). The van der Waals surface area contributed by atoms with Crippen LogP contribution in [0.4, 0.5) is 22.4 Å². The number of carbonyl (C=O) groups is 2. The van der Waals surface area contributed by atoms with E-state index in [1.807, 2.05) is 0 Å². The molecule has 1 atom stereocenters. The second-order valence-corrected chi connectivity index (χ2v) is 5.64. The molecular formula is C14H14F4N2O3. The van der Waals surface area contributed by atoms with Crippen LogP contribution in [0, 0.1) is 28.7 Å². The summed E-state index contributed by atoms with van der Waals surface area (Å²) in [7, 11) is 0. The number of carboxylic acids is 1. The lowest BCUT2D eigenvalue weighted by atomic mass is 9.90. The Bertz CT molecular complexity index is 668. The summed E-state index contributed by atoms with van der Waals surface area (Å²) in [6, 6.07) is -0.546. The highest BCUT2D eigenvalue weighted by Gasteiger charge is 2.42. The summed E-state index contributed by atoms with van der Waals surface area (Å²) in [5.41, 5.74) is -1.90. The van der Waals surface area contributed by atoms with Gasteiger partial charge >= 0.3 is 12.0 Å². The molecule has 0 saturated carbocycles. The number of nitrogens with one attached hydrogen (secondary N) is 1. The van der Waals surface area contributed by atoms with Gasteiger partial charge < -0.3 is 15.3 Å². The number of carbonyl (C=O) groups excluding carboxylic acids is 1. The monoisotopic (exact) mass is 334 g/mol. The number of benzene rings is 1. The Balaban J connectivity index is 2.04. The molecule has 0 aromatic heterocycles. The molecule has 1 fully saturated rings. The summed E-state index contributed by atoms with van der Waals surface area (Å²) in [5.74, 6) is -7.56. The first-order valence-corrected chi connectivity index (χ1v) is 6.74. The first-order valence-electron chi connectivity index (χ1n) is 6.74. The lowest BCUT2D eigenvalue weighted by Gasteiger charge is -2.20. The van der Waals surface area contributed by atoms with Crippen LogP contribution in [-0.2, 0) is 11.3 Å². The zero-order valence-corrected chi connectivity index (χ0v) is 12.1. The van der Waals surface area contributed by atoms with Crippen LogP contribution in [0.2, 0.25) is 0 Å². The van der Waals surface area contributed by atoms with E-state index in [0.29, 0.717) is 0 Å². The smallest absolute Gasteiger partial charge is 0.317 e. The summed E-state index contributed by atoms with van der Waals surface area (Å²) in [5, 5.41) is 11.2. The maximum atomic E-state index is 13.5. The third kappa shape index (κ3) is 3.22. The molecule has 0 aliphatic carbocycles. The number of nitrogens with zero attached hydrogens (tertiary/aromatic N) is 1. The fourth-order valence-corrected chi connectivity index (χ4v) is 2.35. The minimum atomic E-state index is -1.82. The normalized spacial score (nSPS) is 20.7. The van der Waals surface area contributed by atoms with E-state index >= 15 is 0 Å². The van der Waals surface area contributed by atoms with Crippen molar-refractivity contribution >= 4 is 12.0 Å². The maximum absolute atomic E-state index is 13.5.